The molecule has 0 fully saturated rings. The van der Waals surface area contributed by atoms with Crippen LogP contribution in [-0.2, 0) is 38.0 Å². The summed E-state index contributed by atoms with van der Waals surface area (Å²) in [6.07, 6.45) is 0.508. The molecule has 0 rings (SSSR count). The molecule has 0 saturated heterocycles. The largest absolute Gasteiger partial charge is 0.460 e. The van der Waals surface area contributed by atoms with Crippen molar-refractivity contribution in [1.29, 1.82) is 0 Å². The summed E-state index contributed by atoms with van der Waals surface area (Å²) in [5, 5.41) is 0. The Morgan fingerprint density at radius 2 is 0.844 bits per heavy atom. The Hall–Kier alpha value is -0.520. The molecule has 0 amide bonds. The number of esters is 2. The van der Waals surface area contributed by atoms with Crippen LogP contribution in [0.4, 0.5) is 0 Å². The summed E-state index contributed by atoms with van der Waals surface area (Å²) >= 11 is 0. The summed E-state index contributed by atoms with van der Waals surface area (Å²) in [5.74, 6) is 1.27. The molecule has 190 valence electrons. The maximum absolute atomic E-state index is 11.5. The minimum atomic E-state index is -0.457. The summed E-state index contributed by atoms with van der Waals surface area (Å²) in [5.41, 5.74) is -0.915. The van der Waals surface area contributed by atoms with E-state index in [1.807, 2.05) is 41.5 Å². The van der Waals surface area contributed by atoms with Gasteiger partial charge in [0.25, 0.3) is 0 Å². The molecule has 32 heavy (non-hydrogen) atoms. The zero-order chi connectivity index (χ0) is 24.3. The lowest BCUT2D eigenvalue weighted by atomic mass is 10.2. The van der Waals surface area contributed by atoms with Gasteiger partial charge in [0, 0.05) is 11.5 Å². The van der Waals surface area contributed by atoms with Crippen molar-refractivity contribution in [1.82, 2.24) is 0 Å². The van der Waals surface area contributed by atoms with Gasteiger partial charge in [-0.15, -0.1) is 0 Å². The molecule has 0 unspecified atom stereocenters. The molecular formula is C22H42O8S2. The summed E-state index contributed by atoms with van der Waals surface area (Å²) < 4.78 is 32.1. The van der Waals surface area contributed by atoms with Crippen LogP contribution in [-0.4, -0.2) is 87.5 Å². The van der Waals surface area contributed by atoms with Crippen molar-refractivity contribution in [2.75, 3.05) is 64.4 Å². The average molecular weight is 499 g/mol. The molecule has 0 bridgehead atoms. The topological polar surface area (TPSA) is 89.5 Å². The fourth-order valence-electron chi connectivity index (χ4n) is 2.04. The van der Waals surface area contributed by atoms with Gasteiger partial charge in [0.15, 0.2) is 0 Å². The highest BCUT2D eigenvalue weighted by Crippen LogP contribution is 2.20. The molecular weight excluding hydrogens is 456 g/mol. The second-order valence-corrected chi connectivity index (χ2v) is 11.5. The van der Waals surface area contributed by atoms with E-state index in [1.165, 1.54) is 0 Å². The third-order valence-electron chi connectivity index (χ3n) is 3.19. The fraction of sp³-hybridized carbons (Fsp3) is 0.909. The summed E-state index contributed by atoms with van der Waals surface area (Å²) in [4.78, 5) is 23.0. The number of carbonyl (C=O) groups is 2. The normalized spacial score (nSPS) is 12.1. The molecule has 0 aliphatic rings. The fourth-order valence-corrected chi connectivity index (χ4v) is 3.77. The maximum Gasteiger partial charge on any atom is 0.308 e. The monoisotopic (exact) mass is 498 g/mol. The maximum atomic E-state index is 11.5. The predicted molar refractivity (Wildman–Crippen MR) is 129 cm³/mol. The molecule has 0 aliphatic carbocycles. The van der Waals surface area contributed by atoms with Crippen molar-refractivity contribution in [2.24, 2.45) is 0 Å². The highest BCUT2D eigenvalue weighted by atomic mass is 33.1. The molecule has 8 nitrogen and oxygen atoms in total. The van der Waals surface area contributed by atoms with E-state index in [-0.39, 0.29) is 24.8 Å². The van der Waals surface area contributed by atoms with E-state index in [2.05, 4.69) is 0 Å². The third-order valence-corrected chi connectivity index (χ3v) is 5.52. The minimum Gasteiger partial charge on any atom is -0.460 e. The molecule has 10 heteroatoms. The van der Waals surface area contributed by atoms with E-state index in [0.29, 0.717) is 52.9 Å². The van der Waals surface area contributed by atoms with Gasteiger partial charge in [-0.1, -0.05) is 21.6 Å². The summed E-state index contributed by atoms with van der Waals surface area (Å²) in [6.45, 7) is 15.0. The first kappa shape index (κ1) is 31.5. The van der Waals surface area contributed by atoms with Gasteiger partial charge in [0.1, 0.15) is 11.2 Å². The molecule has 0 radical (unpaired) electrons. The smallest absolute Gasteiger partial charge is 0.308 e. The first-order valence-electron chi connectivity index (χ1n) is 11.0. The van der Waals surface area contributed by atoms with E-state index in [0.717, 1.165) is 11.5 Å². The first-order valence-corrected chi connectivity index (χ1v) is 13.5. The van der Waals surface area contributed by atoms with Gasteiger partial charge in [-0.3, -0.25) is 9.59 Å². The lowest BCUT2D eigenvalue weighted by Gasteiger charge is -2.19. The van der Waals surface area contributed by atoms with Gasteiger partial charge in [0.05, 0.1) is 65.7 Å². The lowest BCUT2D eigenvalue weighted by Crippen LogP contribution is -2.24. The molecule has 0 saturated carbocycles. The van der Waals surface area contributed by atoms with Gasteiger partial charge < -0.3 is 28.4 Å². The van der Waals surface area contributed by atoms with E-state index < -0.39 is 11.2 Å². The Labute approximate surface area is 201 Å². The molecule has 0 aromatic heterocycles. The van der Waals surface area contributed by atoms with E-state index in [4.69, 9.17) is 28.4 Å². The Bertz CT molecular complexity index is 445. The number of hydrogen-bond donors (Lipinski definition) is 0. The lowest BCUT2D eigenvalue weighted by molar-refractivity contribution is -0.157. The van der Waals surface area contributed by atoms with Crippen LogP contribution < -0.4 is 0 Å². The SMILES string of the molecule is CC(C)(C)OC(=O)CCOCCOCCSSCCOCCOCCC(=O)OC(C)(C)C. The van der Waals surface area contributed by atoms with Crippen molar-refractivity contribution in [3.05, 3.63) is 0 Å². The van der Waals surface area contributed by atoms with Gasteiger partial charge in [0.2, 0.25) is 0 Å². The summed E-state index contributed by atoms with van der Waals surface area (Å²) in [7, 11) is 3.47. The Morgan fingerprint density at radius 1 is 0.531 bits per heavy atom. The second kappa shape index (κ2) is 18.9. The number of ether oxygens (including phenoxy) is 6. The standard InChI is InChI=1S/C22H42O8S2/c1-21(2,3)29-19(23)7-9-25-11-13-27-15-17-31-32-18-16-28-14-12-26-10-8-20(24)30-22(4,5)6/h7-18H2,1-6H3. The highest BCUT2D eigenvalue weighted by molar-refractivity contribution is 8.76. The van der Waals surface area contributed by atoms with Crippen molar-refractivity contribution in [3.63, 3.8) is 0 Å². The molecule has 0 aromatic carbocycles. The molecule has 0 N–H and O–H groups in total. The second-order valence-electron chi connectivity index (χ2n) is 8.77. The molecule has 0 aliphatic heterocycles. The van der Waals surface area contributed by atoms with Crippen LogP contribution in [0.25, 0.3) is 0 Å². The van der Waals surface area contributed by atoms with Crippen molar-refractivity contribution in [3.8, 4) is 0 Å². The average Bonchev–Trinajstić information content (AvgIpc) is 2.64. The highest BCUT2D eigenvalue weighted by Gasteiger charge is 2.16. The van der Waals surface area contributed by atoms with Crippen LogP contribution in [0.3, 0.4) is 0 Å². The van der Waals surface area contributed by atoms with Crippen molar-refractivity contribution < 1.29 is 38.0 Å². The number of hydrogen-bond acceptors (Lipinski definition) is 10. The van der Waals surface area contributed by atoms with Crippen LogP contribution in [0.15, 0.2) is 0 Å². The van der Waals surface area contributed by atoms with Crippen LogP contribution >= 0.6 is 21.6 Å². The van der Waals surface area contributed by atoms with Crippen LogP contribution in [0, 0.1) is 0 Å². The van der Waals surface area contributed by atoms with Crippen molar-refractivity contribution >= 4 is 33.5 Å². The van der Waals surface area contributed by atoms with Gasteiger partial charge in [-0.25, -0.2) is 0 Å². The van der Waals surface area contributed by atoms with E-state index in [9.17, 15) is 9.59 Å². The Morgan fingerprint density at radius 3 is 1.16 bits per heavy atom. The number of carbonyl (C=O) groups excluding carboxylic acids is 2. The molecule has 0 aromatic rings. The minimum absolute atomic E-state index is 0.249. The van der Waals surface area contributed by atoms with E-state index >= 15 is 0 Å². The van der Waals surface area contributed by atoms with Crippen LogP contribution in [0.2, 0.25) is 0 Å². The zero-order valence-corrected chi connectivity index (χ0v) is 22.2. The molecule has 0 atom stereocenters. The van der Waals surface area contributed by atoms with Crippen LogP contribution in [0.5, 0.6) is 0 Å². The van der Waals surface area contributed by atoms with Crippen LogP contribution in [0.1, 0.15) is 54.4 Å². The van der Waals surface area contributed by atoms with Crippen molar-refractivity contribution in [2.45, 2.75) is 65.6 Å². The predicted octanol–water partition coefficient (Wildman–Crippen LogP) is 3.90. The van der Waals surface area contributed by atoms with Gasteiger partial charge >= 0.3 is 11.9 Å². The Kier molecular flexibility index (Phi) is 18.6. The Balaban J connectivity index is 3.23. The zero-order valence-electron chi connectivity index (χ0n) is 20.6. The molecule has 0 heterocycles. The number of rotatable bonds is 19. The van der Waals surface area contributed by atoms with E-state index in [1.54, 1.807) is 21.6 Å². The summed E-state index contributed by atoms with van der Waals surface area (Å²) in [6, 6.07) is 0. The van der Waals surface area contributed by atoms with Gasteiger partial charge in [-0.05, 0) is 41.5 Å². The first-order chi connectivity index (χ1) is 15.0. The quantitative estimate of drug-likeness (QED) is 0.148. The van der Waals surface area contributed by atoms with Gasteiger partial charge in [-0.2, -0.15) is 0 Å². The third kappa shape index (κ3) is 25.7. The molecule has 0 spiro atoms.